The number of hydrogen-bond donors (Lipinski definition) is 1. The summed E-state index contributed by atoms with van der Waals surface area (Å²) >= 11 is 0. The molecule has 1 N–H and O–H groups in total. The zero-order valence-electron chi connectivity index (χ0n) is 14.1. The van der Waals surface area contributed by atoms with Crippen molar-refractivity contribution in [2.75, 3.05) is 19.0 Å². The lowest BCUT2D eigenvalue weighted by Crippen LogP contribution is -2.46. The number of rotatable bonds is 1. The van der Waals surface area contributed by atoms with Gasteiger partial charge in [-0.05, 0) is 29.8 Å². The van der Waals surface area contributed by atoms with E-state index in [0.717, 1.165) is 22.7 Å². The van der Waals surface area contributed by atoms with Crippen molar-refractivity contribution in [3.8, 4) is 17.6 Å². The van der Waals surface area contributed by atoms with Crippen molar-refractivity contribution in [3.63, 3.8) is 0 Å². The average molecular weight is 320 g/mol. The molecule has 0 aromatic heterocycles. The number of hydrogen-bond acceptors (Lipinski definition) is 4. The number of benzene rings is 2. The maximum Gasteiger partial charge on any atom is 0.128 e. The van der Waals surface area contributed by atoms with Crippen LogP contribution in [0.15, 0.2) is 36.4 Å². The van der Waals surface area contributed by atoms with E-state index in [0.29, 0.717) is 12.2 Å². The molecule has 2 aromatic carbocycles. The monoisotopic (exact) mass is 320 g/mol. The van der Waals surface area contributed by atoms with Crippen LogP contribution in [0.1, 0.15) is 36.6 Å². The summed E-state index contributed by atoms with van der Waals surface area (Å²) in [4.78, 5) is 0. The third-order valence-electron chi connectivity index (χ3n) is 5.46. The van der Waals surface area contributed by atoms with Gasteiger partial charge in [-0.2, -0.15) is 5.26 Å². The van der Waals surface area contributed by atoms with Crippen LogP contribution in [0.25, 0.3) is 0 Å². The minimum Gasteiger partial charge on any atom is -0.496 e. The third-order valence-corrected chi connectivity index (χ3v) is 5.46. The normalized spacial score (nSPS) is 22.8. The van der Waals surface area contributed by atoms with Gasteiger partial charge in [-0.25, -0.2) is 0 Å². The van der Waals surface area contributed by atoms with Crippen LogP contribution in [0.3, 0.4) is 0 Å². The molecule has 4 nitrogen and oxygen atoms in total. The van der Waals surface area contributed by atoms with Gasteiger partial charge in [0.25, 0.3) is 0 Å². The fraction of sp³-hybridized carbons (Fsp3) is 0.350. The van der Waals surface area contributed by atoms with E-state index in [9.17, 15) is 5.26 Å². The van der Waals surface area contributed by atoms with E-state index < -0.39 is 0 Å². The van der Waals surface area contributed by atoms with Gasteiger partial charge in [0, 0.05) is 17.0 Å². The molecule has 0 amide bonds. The summed E-state index contributed by atoms with van der Waals surface area (Å²) in [6, 6.07) is 14.1. The molecule has 0 spiro atoms. The van der Waals surface area contributed by atoms with Gasteiger partial charge in [0.05, 0.1) is 37.0 Å². The van der Waals surface area contributed by atoms with Gasteiger partial charge >= 0.3 is 0 Å². The van der Waals surface area contributed by atoms with E-state index in [1.54, 1.807) is 7.11 Å². The first-order valence-corrected chi connectivity index (χ1v) is 8.17. The molecule has 122 valence electrons. The molecule has 2 aromatic rings. The second-order valence-electron chi connectivity index (χ2n) is 7.01. The molecule has 2 heterocycles. The largest absolute Gasteiger partial charge is 0.496 e. The van der Waals surface area contributed by atoms with E-state index in [1.165, 1.54) is 5.56 Å². The van der Waals surface area contributed by atoms with E-state index in [2.05, 4.69) is 31.3 Å². The summed E-state index contributed by atoms with van der Waals surface area (Å²) in [7, 11) is 1.69. The summed E-state index contributed by atoms with van der Waals surface area (Å²) in [6.45, 7) is 5.16. The zero-order chi connectivity index (χ0) is 16.9. The van der Waals surface area contributed by atoms with Crippen molar-refractivity contribution >= 4 is 5.69 Å². The molecule has 0 radical (unpaired) electrons. The fourth-order valence-electron chi connectivity index (χ4n) is 4.07. The van der Waals surface area contributed by atoms with Crippen LogP contribution in [0.2, 0.25) is 0 Å². The van der Waals surface area contributed by atoms with E-state index >= 15 is 0 Å². The quantitative estimate of drug-likeness (QED) is 0.862. The highest BCUT2D eigenvalue weighted by atomic mass is 16.5. The van der Waals surface area contributed by atoms with Crippen molar-refractivity contribution in [1.82, 2.24) is 0 Å². The summed E-state index contributed by atoms with van der Waals surface area (Å²) in [5.41, 5.74) is 3.92. The van der Waals surface area contributed by atoms with Gasteiger partial charge in [-0.15, -0.1) is 0 Å². The van der Waals surface area contributed by atoms with E-state index in [-0.39, 0.29) is 17.4 Å². The molecule has 24 heavy (non-hydrogen) atoms. The summed E-state index contributed by atoms with van der Waals surface area (Å²) < 4.78 is 11.6. The minimum atomic E-state index is -0.0716. The predicted molar refractivity (Wildman–Crippen MR) is 92.5 cm³/mol. The molecule has 0 bridgehead atoms. The van der Waals surface area contributed by atoms with Gasteiger partial charge in [0.15, 0.2) is 0 Å². The topological polar surface area (TPSA) is 54.3 Å². The van der Waals surface area contributed by atoms with Gasteiger partial charge in [-0.3, -0.25) is 0 Å². The maximum atomic E-state index is 9.22. The number of anilines is 1. The standard InChI is InChI=1S/C20H20N2O2/c1-20(2)13-8-7-12(10-21)9-15(13)22-19-14(20)11-24-17-6-4-5-16(23-3)18(17)19/h4-9,14,19,22H,11H2,1-3H3/t14-,19-/m0/s1. The summed E-state index contributed by atoms with van der Waals surface area (Å²) in [5, 5.41) is 12.9. The number of methoxy groups -OCH3 is 1. The molecule has 0 aliphatic carbocycles. The maximum absolute atomic E-state index is 9.22. The summed E-state index contributed by atoms with van der Waals surface area (Å²) in [6.07, 6.45) is 0. The Bertz CT molecular complexity index is 837. The molecule has 2 aliphatic heterocycles. The molecule has 0 saturated carbocycles. The lowest BCUT2D eigenvalue weighted by Gasteiger charge is -2.48. The number of nitriles is 1. The van der Waals surface area contributed by atoms with Gasteiger partial charge in [0.1, 0.15) is 11.5 Å². The Hall–Kier alpha value is -2.67. The van der Waals surface area contributed by atoms with Crippen LogP contribution < -0.4 is 14.8 Å². The number of nitrogens with one attached hydrogen (secondary N) is 1. The van der Waals surface area contributed by atoms with Crippen LogP contribution in [-0.2, 0) is 5.41 Å². The highest BCUT2D eigenvalue weighted by Gasteiger charge is 2.47. The predicted octanol–water partition coefficient (Wildman–Crippen LogP) is 4.02. The number of nitrogens with zero attached hydrogens (tertiary/aromatic N) is 1. The first kappa shape index (κ1) is 14.9. The molecule has 0 saturated heterocycles. The van der Waals surface area contributed by atoms with Crippen molar-refractivity contribution in [2.24, 2.45) is 5.92 Å². The number of ether oxygens (including phenoxy) is 2. The fourth-order valence-corrected chi connectivity index (χ4v) is 4.07. The Morgan fingerprint density at radius 1 is 1.29 bits per heavy atom. The SMILES string of the molecule is COc1cccc2c1[C@H]1Nc3cc(C#N)ccc3C(C)(C)[C@H]1CO2. The Balaban J connectivity index is 1.90. The number of fused-ring (bicyclic) bond motifs is 4. The lowest BCUT2D eigenvalue weighted by atomic mass is 9.65. The van der Waals surface area contributed by atoms with E-state index in [4.69, 9.17) is 9.47 Å². The molecule has 2 atom stereocenters. The van der Waals surface area contributed by atoms with Crippen LogP contribution in [-0.4, -0.2) is 13.7 Å². The molecular weight excluding hydrogens is 300 g/mol. The van der Waals surface area contributed by atoms with Gasteiger partial charge in [-0.1, -0.05) is 26.0 Å². The van der Waals surface area contributed by atoms with Gasteiger partial charge < -0.3 is 14.8 Å². The average Bonchev–Trinajstić information content (AvgIpc) is 2.60. The molecule has 0 fully saturated rings. The van der Waals surface area contributed by atoms with Crippen LogP contribution in [0.4, 0.5) is 5.69 Å². The van der Waals surface area contributed by atoms with Crippen molar-refractivity contribution in [2.45, 2.75) is 25.3 Å². The third kappa shape index (κ3) is 1.98. The highest BCUT2D eigenvalue weighted by Crippen LogP contribution is 2.53. The first-order chi connectivity index (χ1) is 11.6. The van der Waals surface area contributed by atoms with Crippen molar-refractivity contribution in [1.29, 1.82) is 5.26 Å². The lowest BCUT2D eigenvalue weighted by molar-refractivity contribution is 0.133. The molecule has 4 rings (SSSR count). The Labute approximate surface area is 142 Å². The summed E-state index contributed by atoms with van der Waals surface area (Å²) in [5.74, 6) is 1.99. The minimum absolute atomic E-state index is 0.0716. The molecule has 4 heteroatoms. The van der Waals surface area contributed by atoms with Crippen LogP contribution in [0.5, 0.6) is 11.5 Å². The molecule has 0 unspecified atom stereocenters. The first-order valence-electron chi connectivity index (χ1n) is 8.17. The van der Waals surface area contributed by atoms with Crippen molar-refractivity contribution in [3.05, 3.63) is 53.1 Å². The smallest absolute Gasteiger partial charge is 0.128 e. The second kappa shape index (κ2) is 5.17. The second-order valence-corrected chi connectivity index (χ2v) is 7.01. The van der Waals surface area contributed by atoms with Crippen molar-refractivity contribution < 1.29 is 9.47 Å². The van der Waals surface area contributed by atoms with Gasteiger partial charge in [0.2, 0.25) is 0 Å². The highest BCUT2D eigenvalue weighted by molar-refractivity contribution is 5.64. The molecule has 2 aliphatic rings. The Kier molecular flexibility index (Phi) is 3.21. The Morgan fingerprint density at radius 3 is 2.88 bits per heavy atom. The van der Waals surface area contributed by atoms with E-state index in [1.807, 2.05) is 30.3 Å². The zero-order valence-corrected chi connectivity index (χ0v) is 14.1. The Morgan fingerprint density at radius 2 is 2.12 bits per heavy atom. The molecular formula is C20H20N2O2. The van der Waals surface area contributed by atoms with Crippen LogP contribution in [0, 0.1) is 17.2 Å². The van der Waals surface area contributed by atoms with Crippen LogP contribution >= 0.6 is 0 Å².